The van der Waals surface area contributed by atoms with E-state index in [-0.39, 0.29) is 0 Å². The third kappa shape index (κ3) is 7.25. The van der Waals surface area contributed by atoms with Gasteiger partial charge in [0.1, 0.15) is 0 Å². The van der Waals surface area contributed by atoms with Crippen LogP contribution in [-0.4, -0.2) is 4.57 Å². The van der Waals surface area contributed by atoms with Gasteiger partial charge in [-0.1, -0.05) is 237 Å². The Hall–Kier alpha value is -9.76. The number of para-hydroxylation sites is 1. The number of aromatic nitrogens is 1. The molecule has 0 unspecified atom stereocenters. The molecule has 358 valence electrons. The largest absolute Gasteiger partial charge is 0.310 e. The van der Waals surface area contributed by atoms with E-state index < -0.39 is 5.41 Å². The summed E-state index contributed by atoms with van der Waals surface area (Å²) in [5.74, 6) is 0. The van der Waals surface area contributed by atoms with Crippen molar-refractivity contribution in [2.45, 2.75) is 11.8 Å². The second kappa shape index (κ2) is 18.6. The summed E-state index contributed by atoms with van der Waals surface area (Å²) in [5, 5.41) is 1.26. The molecule has 0 saturated heterocycles. The van der Waals surface area contributed by atoms with Crippen LogP contribution in [0.5, 0.6) is 0 Å². The van der Waals surface area contributed by atoms with E-state index in [9.17, 15) is 0 Å². The molecule has 11 aromatic rings. The van der Waals surface area contributed by atoms with Gasteiger partial charge in [0.25, 0.3) is 0 Å². The summed E-state index contributed by atoms with van der Waals surface area (Å²) in [4.78, 5) is 2.42. The van der Waals surface area contributed by atoms with E-state index in [1.54, 1.807) is 0 Å². The minimum atomic E-state index is -0.514. The standard InChI is InChI=1S/C74H52N2/c1-2-3-28-67-63-29-16-17-31-66(63)72-68-49-56(41-48-71(68)76(73(67)72)59-26-14-7-15-27-59)55-35-33-52(34-36-55)54-39-44-61(45-40-54)75(60-42-37-53(38-43-60)51-20-8-4-9-21-51)62-46-47-65-64-30-18-19-32-69(64)74(70(65)50-62,57-22-10-5-11-23-57)58-24-12-6-13-25-58/h2-28,30-50H,1,29H2/b28-3-. The molecule has 0 spiro atoms. The Morgan fingerprint density at radius 1 is 0.461 bits per heavy atom. The molecule has 2 heteroatoms. The average molecular weight is 969 g/mol. The minimum Gasteiger partial charge on any atom is -0.310 e. The number of benzene rings is 10. The molecule has 1 heterocycles. The number of hydrogen-bond donors (Lipinski definition) is 0. The van der Waals surface area contributed by atoms with Gasteiger partial charge < -0.3 is 9.47 Å². The summed E-state index contributed by atoms with van der Waals surface area (Å²) in [6.45, 7) is 4.01. The molecule has 0 aliphatic heterocycles. The Balaban J connectivity index is 0.848. The average Bonchev–Trinajstić information content (AvgIpc) is 4.32. The third-order valence-electron chi connectivity index (χ3n) is 15.9. The zero-order valence-electron chi connectivity index (χ0n) is 42.0. The first-order valence-electron chi connectivity index (χ1n) is 26.3. The topological polar surface area (TPSA) is 8.17 Å². The van der Waals surface area contributed by atoms with Crippen LogP contribution < -0.4 is 4.90 Å². The molecule has 0 fully saturated rings. The predicted molar refractivity (Wildman–Crippen MR) is 320 cm³/mol. The molecule has 3 aliphatic carbocycles. The first kappa shape index (κ1) is 44.9. The van der Waals surface area contributed by atoms with Crippen LogP contribution in [0.2, 0.25) is 0 Å². The molecule has 3 aliphatic rings. The van der Waals surface area contributed by atoms with E-state index in [1.807, 2.05) is 6.08 Å². The van der Waals surface area contributed by atoms with Crippen molar-refractivity contribution in [2.24, 2.45) is 0 Å². The van der Waals surface area contributed by atoms with Crippen LogP contribution in [0, 0.1) is 0 Å². The molecule has 14 rings (SSSR count). The number of anilines is 3. The first-order valence-corrected chi connectivity index (χ1v) is 26.3. The van der Waals surface area contributed by atoms with E-state index in [4.69, 9.17) is 0 Å². The maximum Gasteiger partial charge on any atom is 0.0714 e. The lowest BCUT2D eigenvalue weighted by Gasteiger charge is -2.35. The van der Waals surface area contributed by atoms with E-state index in [0.29, 0.717) is 0 Å². The molecule has 0 radical (unpaired) electrons. The Morgan fingerprint density at radius 3 is 1.61 bits per heavy atom. The summed E-state index contributed by atoms with van der Waals surface area (Å²) in [5.41, 5.74) is 26.3. The highest BCUT2D eigenvalue weighted by molar-refractivity contribution is 6.13. The van der Waals surface area contributed by atoms with E-state index in [2.05, 4.69) is 301 Å². The Kier molecular flexibility index (Phi) is 11.0. The highest BCUT2D eigenvalue weighted by Gasteiger charge is 2.46. The molecule has 0 saturated carbocycles. The molecule has 0 atom stereocenters. The van der Waals surface area contributed by atoms with Crippen molar-refractivity contribution in [3.8, 4) is 50.2 Å². The van der Waals surface area contributed by atoms with Crippen LogP contribution in [-0.2, 0) is 5.41 Å². The second-order valence-corrected chi connectivity index (χ2v) is 20.0. The molecule has 1 aromatic heterocycles. The van der Waals surface area contributed by atoms with Crippen LogP contribution in [0.1, 0.15) is 39.9 Å². The van der Waals surface area contributed by atoms with E-state index >= 15 is 0 Å². The van der Waals surface area contributed by atoms with Gasteiger partial charge in [-0.25, -0.2) is 0 Å². The van der Waals surface area contributed by atoms with Gasteiger partial charge in [-0.3, -0.25) is 0 Å². The number of nitrogens with zero attached hydrogens (tertiary/aromatic N) is 2. The van der Waals surface area contributed by atoms with Gasteiger partial charge in [-0.15, -0.1) is 0 Å². The highest BCUT2D eigenvalue weighted by atomic mass is 15.1. The molecule has 0 amide bonds. The maximum atomic E-state index is 4.01. The van der Waals surface area contributed by atoms with E-state index in [1.165, 1.54) is 100 Å². The summed E-state index contributed by atoms with van der Waals surface area (Å²) in [6.07, 6.45) is 13.8. The lowest BCUT2D eigenvalue weighted by atomic mass is 9.67. The quantitative estimate of drug-likeness (QED) is 0.117. The van der Waals surface area contributed by atoms with Crippen molar-refractivity contribution in [3.63, 3.8) is 0 Å². The summed E-state index contributed by atoms with van der Waals surface area (Å²) >= 11 is 0. The number of hydrogen-bond acceptors (Lipinski definition) is 1. The normalized spacial score (nSPS) is 13.8. The van der Waals surface area contributed by atoms with Gasteiger partial charge in [0, 0.05) is 39.3 Å². The van der Waals surface area contributed by atoms with Crippen molar-refractivity contribution in [3.05, 3.63) is 337 Å². The lowest BCUT2D eigenvalue weighted by molar-refractivity contribution is 0.768. The van der Waals surface area contributed by atoms with Gasteiger partial charge in [-0.2, -0.15) is 0 Å². The zero-order valence-corrected chi connectivity index (χ0v) is 42.0. The molecule has 0 bridgehead atoms. The fraction of sp³-hybridized carbons (Fsp3) is 0.0270. The molecule has 76 heavy (non-hydrogen) atoms. The lowest BCUT2D eigenvalue weighted by Crippen LogP contribution is -2.28. The smallest absolute Gasteiger partial charge is 0.0714 e. The van der Waals surface area contributed by atoms with Gasteiger partial charge in [0.05, 0.1) is 16.6 Å². The van der Waals surface area contributed by atoms with Crippen LogP contribution >= 0.6 is 0 Å². The van der Waals surface area contributed by atoms with Crippen molar-refractivity contribution in [1.29, 1.82) is 0 Å². The molecule has 10 aromatic carbocycles. The SMILES string of the molecule is C=C/C=C\C1=C2CC=CC=C2c2c1n(-c1ccccc1)c1ccc(-c3ccc(-c4ccc(N(c5ccc(-c6ccccc6)cc5)c5ccc6c(c5)C(c5ccccc5)(c5ccccc5)c5ccccc5-6)cc4)cc3)cc21. The molecular weight excluding hydrogens is 917 g/mol. The van der Waals surface area contributed by atoms with Crippen molar-refractivity contribution < 1.29 is 0 Å². The van der Waals surface area contributed by atoms with Gasteiger partial charge in [-0.05, 0) is 145 Å². The molecular formula is C74H52N2. The van der Waals surface area contributed by atoms with Gasteiger partial charge >= 0.3 is 0 Å². The molecule has 0 N–H and O–H groups in total. The number of fused-ring (bicyclic) bond motifs is 8. The second-order valence-electron chi connectivity index (χ2n) is 20.0. The highest BCUT2D eigenvalue weighted by Crippen LogP contribution is 2.57. The monoisotopic (exact) mass is 968 g/mol. The van der Waals surface area contributed by atoms with Gasteiger partial charge in [0.15, 0.2) is 0 Å². The number of allylic oxidation sites excluding steroid dienone is 9. The van der Waals surface area contributed by atoms with Crippen LogP contribution in [0.4, 0.5) is 17.1 Å². The number of rotatable bonds is 11. The zero-order chi connectivity index (χ0) is 50.6. The molecule has 2 nitrogen and oxygen atoms in total. The van der Waals surface area contributed by atoms with Crippen LogP contribution in [0.25, 0.3) is 72.2 Å². The maximum absolute atomic E-state index is 4.01. The summed E-state index contributed by atoms with van der Waals surface area (Å²) in [7, 11) is 0. The van der Waals surface area contributed by atoms with Crippen molar-refractivity contribution in [1.82, 2.24) is 4.57 Å². The predicted octanol–water partition coefficient (Wildman–Crippen LogP) is 19.3. The fourth-order valence-corrected chi connectivity index (χ4v) is 12.5. The Morgan fingerprint density at radius 2 is 0.974 bits per heavy atom. The van der Waals surface area contributed by atoms with Crippen LogP contribution in [0.3, 0.4) is 0 Å². The fourth-order valence-electron chi connectivity index (χ4n) is 12.5. The van der Waals surface area contributed by atoms with E-state index in [0.717, 1.165) is 34.7 Å². The Labute approximate surface area is 445 Å². The van der Waals surface area contributed by atoms with Gasteiger partial charge in [0.2, 0.25) is 0 Å². The van der Waals surface area contributed by atoms with Crippen molar-refractivity contribution in [2.75, 3.05) is 4.90 Å². The first-order chi connectivity index (χ1) is 37.7. The minimum absolute atomic E-state index is 0.514. The van der Waals surface area contributed by atoms with Crippen molar-refractivity contribution >= 4 is 39.1 Å². The van der Waals surface area contributed by atoms with Crippen LogP contribution in [0.15, 0.2) is 303 Å². The third-order valence-corrected chi connectivity index (χ3v) is 15.9. The Bertz CT molecular complexity index is 4100. The summed E-state index contributed by atoms with van der Waals surface area (Å²) < 4.78 is 2.45. The summed E-state index contributed by atoms with van der Waals surface area (Å²) in [6, 6.07) is 93.8.